The highest BCUT2D eigenvalue weighted by Crippen LogP contribution is 2.29. The van der Waals surface area contributed by atoms with E-state index in [2.05, 4.69) is 31.5 Å². The molecule has 8 heteroatoms. The monoisotopic (exact) mass is 447 g/mol. The van der Waals surface area contributed by atoms with Gasteiger partial charge in [-0.15, -0.1) is 0 Å². The predicted octanol–water partition coefficient (Wildman–Crippen LogP) is 4.81. The molecule has 0 bridgehead atoms. The van der Waals surface area contributed by atoms with Crippen LogP contribution in [0.15, 0.2) is 46.9 Å². The van der Waals surface area contributed by atoms with Crippen LogP contribution in [0.2, 0.25) is 0 Å². The van der Waals surface area contributed by atoms with Gasteiger partial charge in [0.1, 0.15) is 5.75 Å². The minimum atomic E-state index is -1.08. The second-order valence-electron chi connectivity index (χ2n) is 6.40. The van der Waals surface area contributed by atoms with Gasteiger partial charge in [-0.1, -0.05) is 27.3 Å². The fourth-order valence-corrected chi connectivity index (χ4v) is 3.51. The van der Waals surface area contributed by atoms with E-state index in [0.717, 1.165) is 14.7 Å². The highest BCUT2D eigenvalue weighted by atomic mass is 79.9. The molecule has 0 radical (unpaired) electrons. The number of carbonyl (C=O) groups excluding carboxylic acids is 2. The summed E-state index contributed by atoms with van der Waals surface area (Å²) in [6.07, 6.45) is 0. The molecule has 3 rings (SSSR count). The van der Waals surface area contributed by atoms with Gasteiger partial charge in [0.05, 0.1) is 10.2 Å². The van der Waals surface area contributed by atoms with Gasteiger partial charge in [-0.2, -0.15) is 0 Å². The fourth-order valence-electron chi connectivity index (χ4n) is 2.35. The van der Waals surface area contributed by atoms with Crippen molar-refractivity contribution in [3.8, 4) is 5.75 Å². The summed E-state index contributed by atoms with van der Waals surface area (Å²) >= 11 is 4.70. The van der Waals surface area contributed by atoms with Gasteiger partial charge in [0.25, 0.3) is 5.91 Å². The van der Waals surface area contributed by atoms with E-state index in [0.29, 0.717) is 16.6 Å². The lowest BCUT2D eigenvalue weighted by molar-refractivity contribution is -0.128. The van der Waals surface area contributed by atoms with Crippen LogP contribution >= 0.6 is 27.3 Å². The van der Waals surface area contributed by atoms with Crippen LogP contribution in [0.5, 0.6) is 5.75 Å². The molecule has 0 saturated heterocycles. The molecular weight excluding hydrogens is 430 g/mol. The first-order valence-electron chi connectivity index (χ1n) is 8.17. The summed E-state index contributed by atoms with van der Waals surface area (Å²) in [4.78, 5) is 28.3. The van der Waals surface area contributed by atoms with Crippen molar-refractivity contribution in [2.45, 2.75) is 26.4 Å². The maximum Gasteiger partial charge on any atom is 0.269 e. The molecule has 2 aromatic carbocycles. The molecule has 140 valence electrons. The molecule has 0 spiro atoms. The summed E-state index contributed by atoms with van der Waals surface area (Å²) in [5, 5.41) is 6.02. The number of halogens is 1. The van der Waals surface area contributed by atoms with E-state index >= 15 is 0 Å². The zero-order chi connectivity index (χ0) is 19.6. The number of hydrogen-bond donors (Lipinski definition) is 2. The SMILES string of the molecule is CC(=O)Nc1ccc2nc(NC(=O)C(C)(C)Oc3ccc(Br)cc3)sc2c1. The average molecular weight is 448 g/mol. The van der Waals surface area contributed by atoms with Crippen LogP contribution in [0.25, 0.3) is 10.2 Å². The minimum Gasteiger partial charge on any atom is -0.478 e. The molecule has 1 heterocycles. The maximum atomic E-state index is 12.7. The Bertz CT molecular complexity index is 999. The zero-order valence-electron chi connectivity index (χ0n) is 15.0. The number of nitrogens with zero attached hydrogens (tertiary/aromatic N) is 1. The number of thiazole rings is 1. The summed E-state index contributed by atoms with van der Waals surface area (Å²) in [5.74, 6) is 0.161. The van der Waals surface area contributed by atoms with Crippen LogP contribution in [0.4, 0.5) is 10.8 Å². The van der Waals surface area contributed by atoms with Crippen LogP contribution in [0.1, 0.15) is 20.8 Å². The minimum absolute atomic E-state index is 0.140. The largest absolute Gasteiger partial charge is 0.478 e. The molecule has 0 aliphatic rings. The number of fused-ring (bicyclic) bond motifs is 1. The quantitative estimate of drug-likeness (QED) is 0.587. The van der Waals surface area contributed by atoms with Crippen LogP contribution in [0, 0.1) is 0 Å². The lowest BCUT2D eigenvalue weighted by Crippen LogP contribution is -2.42. The van der Waals surface area contributed by atoms with Crippen LogP contribution in [-0.4, -0.2) is 22.4 Å². The van der Waals surface area contributed by atoms with E-state index in [-0.39, 0.29) is 11.8 Å². The van der Waals surface area contributed by atoms with Gasteiger partial charge in [-0.25, -0.2) is 4.98 Å². The second-order valence-corrected chi connectivity index (χ2v) is 8.35. The molecule has 2 N–H and O–H groups in total. The van der Waals surface area contributed by atoms with E-state index < -0.39 is 5.60 Å². The van der Waals surface area contributed by atoms with Crippen LogP contribution in [0.3, 0.4) is 0 Å². The topological polar surface area (TPSA) is 80.3 Å². The summed E-state index contributed by atoms with van der Waals surface area (Å²) in [5.41, 5.74) is 0.360. The Kier molecular flexibility index (Phi) is 5.48. The third kappa shape index (κ3) is 4.84. The summed E-state index contributed by atoms with van der Waals surface area (Å²) in [6.45, 7) is 4.86. The zero-order valence-corrected chi connectivity index (χ0v) is 17.4. The number of ether oxygens (including phenoxy) is 1. The van der Waals surface area contributed by atoms with E-state index in [4.69, 9.17) is 4.74 Å². The third-order valence-corrected chi connectivity index (χ3v) is 5.13. The molecule has 6 nitrogen and oxygen atoms in total. The molecule has 2 amide bonds. The summed E-state index contributed by atoms with van der Waals surface area (Å²) < 4.78 is 7.62. The lowest BCUT2D eigenvalue weighted by atomic mass is 10.1. The number of hydrogen-bond acceptors (Lipinski definition) is 5. The van der Waals surface area contributed by atoms with Crippen molar-refractivity contribution in [1.82, 2.24) is 4.98 Å². The Morgan fingerprint density at radius 2 is 1.81 bits per heavy atom. The fraction of sp³-hybridized carbons (Fsp3) is 0.211. The van der Waals surface area contributed by atoms with Crippen LogP contribution in [-0.2, 0) is 9.59 Å². The van der Waals surface area contributed by atoms with Crippen molar-refractivity contribution >= 4 is 60.1 Å². The summed E-state index contributed by atoms with van der Waals surface area (Å²) in [7, 11) is 0. The van der Waals surface area contributed by atoms with E-state index in [9.17, 15) is 9.59 Å². The van der Waals surface area contributed by atoms with E-state index in [1.807, 2.05) is 18.2 Å². The van der Waals surface area contributed by atoms with Gasteiger partial charge in [0.2, 0.25) is 5.91 Å². The summed E-state index contributed by atoms with van der Waals surface area (Å²) in [6, 6.07) is 12.7. The number of benzene rings is 2. The Hall–Kier alpha value is -2.45. The lowest BCUT2D eigenvalue weighted by Gasteiger charge is -2.24. The molecule has 0 saturated carbocycles. The first kappa shape index (κ1) is 19.3. The number of rotatable bonds is 5. The normalized spacial score (nSPS) is 11.3. The van der Waals surface area contributed by atoms with Crippen molar-refractivity contribution in [3.05, 3.63) is 46.9 Å². The molecule has 0 atom stereocenters. The van der Waals surface area contributed by atoms with Crippen molar-refractivity contribution in [2.24, 2.45) is 0 Å². The maximum absolute atomic E-state index is 12.7. The Morgan fingerprint density at radius 1 is 1.11 bits per heavy atom. The molecule has 0 aliphatic heterocycles. The number of anilines is 2. The highest BCUT2D eigenvalue weighted by molar-refractivity contribution is 9.10. The number of amides is 2. The Morgan fingerprint density at radius 3 is 2.48 bits per heavy atom. The highest BCUT2D eigenvalue weighted by Gasteiger charge is 2.30. The van der Waals surface area contributed by atoms with Gasteiger partial charge < -0.3 is 10.1 Å². The van der Waals surface area contributed by atoms with Gasteiger partial charge in [0, 0.05) is 17.1 Å². The molecule has 0 fully saturated rings. The first-order chi connectivity index (χ1) is 12.7. The number of aromatic nitrogens is 1. The molecule has 3 aromatic rings. The van der Waals surface area contributed by atoms with Crippen molar-refractivity contribution < 1.29 is 14.3 Å². The van der Waals surface area contributed by atoms with Gasteiger partial charge >= 0.3 is 0 Å². The molecule has 27 heavy (non-hydrogen) atoms. The van der Waals surface area contributed by atoms with Crippen molar-refractivity contribution in [3.63, 3.8) is 0 Å². The molecular formula is C19H18BrN3O3S. The number of carbonyl (C=O) groups is 2. The van der Waals surface area contributed by atoms with Gasteiger partial charge in [-0.05, 0) is 56.3 Å². The van der Waals surface area contributed by atoms with Gasteiger partial charge in [-0.3, -0.25) is 14.9 Å². The molecule has 0 unspecified atom stereocenters. The Balaban J connectivity index is 1.74. The first-order valence-corrected chi connectivity index (χ1v) is 9.78. The van der Waals surface area contributed by atoms with Crippen LogP contribution < -0.4 is 15.4 Å². The Labute approximate surface area is 169 Å². The standard InChI is InChI=1S/C19H18BrN3O3S/c1-11(24)21-13-6-9-15-16(10-13)27-18(22-15)23-17(25)19(2,3)26-14-7-4-12(20)5-8-14/h4-10H,1-3H3,(H,21,24)(H,22,23,25). The molecule has 0 aliphatic carbocycles. The van der Waals surface area contributed by atoms with E-state index in [1.165, 1.54) is 18.3 Å². The second kappa shape index (κ2) is 7.66. The molecule has 1 aromatic heterocycles. The smallest absolute Gasteiger partial charge is 0.269 e. The van der Waals surface area contributed by atoms with Crippen molar-refractivity contribution in [2.75, 3.05) is 10.6 Å². The third-order valence-electron chi connectivity index (χ3n) is 3.66. The van der Waals surface area contributed by atoms with Gasteiger partial charge in [0.15, 0.2) is 10.7 Å². The van der Waals surface area contributed by atoms with E-state index in [1.54, 1.807) is 38.1 Å². The number of nitrogens with one attached hydrogen (secondary N) is 2. The predicted molar refractivity (Wildman–Crippen MR) is 111 cm³/mol. The van der Waals surface area contributed by atoms with Crippen molar-refractivity contribution in [1.29, 1.82) is 0 Å². The average Bonchev–Trinajstić information content (AvgIpc) is 2.97.